The summed E-state index contributed by atoms with van der Waals surface area (Å²) < 4.78 is 20.2. The van der Waals surface area contributed by atoms with Gasteiger partial charge in [-0.2, -0.15) is 0 Å². The first-order valence-corrected chi connectivity index (χ1v) is 6.77. The van der Waals surface area contributed by atoms with Crippen LogP contribution in [0, 0.1) is 5.41 Å². The molecule has 1 aliphatic heterocycles. The molecule has 0 amide bonds. The van der Waals surface area contributed by atoms with Crippen LogP contribution in [0.15, 0.2) is 4.99 Å². The standard InChI is InChI=1S/C14H23NO6/c1-14(2)8-20-12(21-9-14)5-6-15-10(13(17)19-4)7-11(16)18-3/h6,10,12H,5,7-9H2,1-4H3/t10-/m0/s1. The molecule has 0 aromatic rings. The van der Waals surface area contributed by atoms with E-state index in [2.05, 4.69) is 28.3 Å². The number of hydrogen-bond donors (Lipinski definition) is 0. The Balaban J connectivity index is 2.47. The van der Waals surface area contributed by atoms with Crippen LogP contribution in [0.4, 0.5) is 0 Å². The Morgan fingerprint density at radius 2 is 1.90 bits per heavy atom. The van der Waals surface area contributed by atoms with E-state index < -0.39 is 18.0 Å². The van der Waals surface area contributed by atoms with Gasteiger partial charge in [0.25, 0.3) is 0 Å². The fourth-order valence-corrected chi connectivity index (χ4v) is 1.71. The van der Waals surface area contributed by atoms with Gasteiger partial charge in [0.1, 0.15) is 0 Å². The van der Waals surface area contributed by atoms with E-state index in [1.54, 1.807) is 0 Å². The van der Waals surface area contributed by atoms with Crippen molar-refractivity contribution in [1.82, 2.24) is 0 Å². The van der Waals surface area contributed by atoms with E-state index in [-0.39, 0.29) is 18.1 Å². The molecular formula is C14H23NO6. The maximum atomic E-state index is 11.5. The van der Waals surface area contributed by atoms with Gasteiger partial charge in [0, 0.05) is 18.1 Å². The van der Waals surface area contributed by atoms with E-state index in [1.807, 2.05) is 0 Å². The van der Waals surface area contributed by atoms with Crippen LogP contribution in [-0.2, 0) is 28.5 Å². The number of carbonyl (C=O) groups is 2. The second-order valence-electron chi connectivity index (χ2n) is 5.60. The Kier molecular flexibility index (Phi) is 6.77. The van der Waals surface area contributed by atoms with Crippen molar-refractivity contribution >= 4 is 18.2 Å². The first-order chi connectivity index (χ1) is 9.88. The number of ether oxygens (including phenoxy) is 4. The van der Waals surface area contributed by atoms with Gasteiger partial charge in [0.2, 0.25) is 0 Å². The maximum absolute atomic E-state index is 11.5. The SMILES string of the molecule is COC(=O)C[C@H](N=CCC1OCC(C)(C)CO1)C(=O)OC. The lowest BCUT2D eigenvalue weighted by Gasteiger charge is -2.34. The van der Waals surface area contributed by atoms with Crippen molar-refractivity contribution in [2.24, 2.45) is 10.4 Å². The first kappa shape index (κ1) is 17.6. The molecule has 7 nitrogen and oxygen atoms in total. The summed E-state index contributed by atoms with van der Waals surface area (Å²) in [6, 6.07) is -0.900. The number of esters is 2. The predicted octanol–water partition coefficient (Wildman–Crippen LogP) is 0.951. The van der Waals surface area contributed by atoms with Crippen LogP contribution < -0.4 is 0 Å². The third-order valence-electron chi connectivity index (χ3n) is 2.96. The highest BCUT2D eigenvalue weighted by atomic mass is 16.7. The average Bonchev–Trinajstić information content (AvgIpc) is 2.46. The minimum Gasteiger partial charge on any atom is -0.469 e. The smallest absolute Gasteiger partial charge is 0.331 e. The fraction of sp³-hybridized carbons (Fsp3) is 0.786. The molecule has 1 saturated heterocycles. The number of methoxy groups -OCH3 is 2. The van der Waals surface area contributed by atoms with E-state index in [0.29, 0.717) is 19.6 Å². The highest BCUT2D eigenvalue weighted by Gasteiger charge is 2.28. The van der Waals surface area contributed by atoms with E-state index >= 15 is 0 Å². The van der Waals surface area contributed by atoms with Crippen LogP contribution in [-0.4, -0.2) is 57.9 Å². The predicted molar refractivity (Wildman–Crippen MR) is 75.0 cm³/mol. The fourth-order valence-electron chi connectivity index (χ4n) is 1.71. The summed E-state index contributed by atoms with van der Waals surface area (Å²) in [4.78, 5) is 26.8. The molecule has 7 heteroatoms. The van der Waals surface area contributed by atoms with Crippen molar-refractivity contribution in [3.05, 3.63) is 0 Å². The first-order valence-electron chi connectivity index (χ1n) is 6.77. The van der Waals surface area contributed by atoms with E-state index in [1.165, 1.54) is 20.4 Å². The van der Waals surface area contributed by atoms with Crippen LogP contribution in [0.1, 0.15) is 26.7 Å². The molecule has 0 aromatic heterocycles. The molecule has 0 unspecified atom stereocenters. The Hall–Kier alpha value is -1.47. The number of nitrogens with zero attached hydrogens (tertiary/aromatic N) is 1. The summed E-state index contributed by atoms with van der Waals surface area (Å²) in [5, 5.41) is 0. The average molecular weight is 301 g/mol. The van der Waals surface area contributed by atoms with Gasteiger partial charge in [-0.25, -0.2) is 4.79 Å². The lowest BCUT2D eigenvalue weighted by atomic mass is 9.95. The quantitative estimate of drug-likeness (QED) is 0.536. The van der Waals surface area contributed by atoms with Gasteiger partial charge in [-0.3, -0.25) is 9.79 Å². The van der Waals surface area contributed by atoms with Crippen molar-refractivity contribution in [3.8, 4) is 0 Å². The minimum absolute atomic E-state index is 0.00702. The molecule has 1 rings (SSSR count). The van der Waals surface area contributed by atoms with Gasteiger partial charge in [-0.15, -0.1) is 0 Å². The van der Waals surface area contributed by atoms with E-state index in [0.717, 1.165) is 0 Å². The number of hydrogen-bond acceptors (Lipinski definition) is 7. The Labute approximate surface area is 124 Å². The Bertz CT molecular complexity index is 383. The van der Waals surface area contributed by atoms with Crippen molar-refractivity contribution in [1.29, 1.82) is 0 Å². The number of aliphatic imine (C=N–C) groups is 1. The molecule has 120 valence electrons. The van der Waals surface area contributed by atoms with Crippen LogP contribution in [0.5, 0.6) is 0 Å². The minimum atomic E-state index is -0.900. The van der Waals surface area contributed by atoms with Crippen molar-refractivity contribution in [3.63, 3.8) is 0 Å². The third-order valence-corrected chi connectivity index (χ3v) is 2.96. The number of carbonyl (C=O) groups excluding carboxylic acids is 2. The molecule has 1 fully saturated rings. The molecule has 0 saturated carbocycles. The summed E-state index contributed by atoms with van der Waals surface area (Å²) in [6.07, 6.45) is 1.40. The number of rotatable bonds is 6. The molecule has 0 aliphatic carbocycles. The maximum Gasteiger partial charge on any atom is 0.331 e. The highest BCUT2D eigenvalue weighted by molar-refractivity contribution is 5.84. The molecule has 0 radical (unpaired) electrons. The largest absolute Gasteiger partial charge is 0.469 e. The van der Waals surface area contributed by atoms with E-state index in [9.17, 15) is 9.59 Å². The van der Waals surface area contributed by atoms with Gasteiger partial charge in [-0.1, -0.05) is 13.8 Å². The van der Waals surface area contributed by atoms with Gasteiger partial charge in [-0.05, 0) is 0 Å². The lowest BCUT2D eigenvalue weighted by molar-refractivity contribution is -0.217. The monoisotopic (exact) mass is 301 g/mol. The summed E-state index contributed by atoms with van der Waals surface area (Å²) >= 11 is 0. The topological polar surface area (TPSA) is 83.4 Å². The molecule has 0 bridgehead atoms. The Morgan fingerprint density at radius 1 is 1.29 bits per heavy atom. The molecule has 0 N–H and O–H groups in total. The van der Waals surface area contributed by atoms with Gasteiger partial charge in [0.15, 0.2) is 12.3 Å². The normalized spacial score (nSPS) is 20.2. The third kappa shape index (κ3) is 6.22. The second kappa shape index (κ2) is 8.09. The zero-order valence-corrected chi connectivity index (χ0v) is 13.0. The second-order valence-corrected chi connectivity index (χ2v) is 5.60. The lowest BCUT2D eigenvalue weighted by Crippen LogP contribution is -2.37. The van der Waals surface area contributed by atoms with Crippen LogP contribution in [0.25, 0.3) is 0 Å². The van der Waals surface area contributed by atoms with Crippen LogP contribution in [0.3, 0.4) is 0 Å². The van der Waals surface area contributed by atoms with Crippen LogP contribution >= 0.6 is 0 Å². The van der Waals surface area contributed by atoms with Gasteiger partial charge < -0.3 is 18.9 Å². The summed E-state index contributed by atoms with van der Waals surface area (Å²) in [5.74, 6) is -1.10. The zero-order chi connectivity index (χ0) is 15.9. The van der Waals surface area contributed by atoms with Crippen molar-refractivity contribution in [2.75, 3.05) is 27.4 Å². The molecule has 21 heavy (non-hydrogen) atoms. The zero-order valence-electron chi connectivity index (χ0n) is 13.0. The summed E-state index contributed by atoms with van der Waals surface area (Å²) in [5.41, 5.74) is 0.00702. The summed E-state index contributed by atoms with van der Waals surface area (Å²) in [6.45, 7) is 5.32. The Morgan fingerprint density at radius 3 is 2.43 bits per heavy atom. The molecule has 1 aliphatic rings. The molecule has 0 aromatic carbocycles. The molecular weight excluding hydrogens is 278 g/mol. The van der Waals surface area contributed by atoms with Gasteiger partial charge >= 0.3 is 11.9 Å². The highest BCUT2D eigenvalue weighted by Crippen LogP contribution is 2.23. The van der Waals surface area contributed by atoms with Crippen LogP contribution in [0.2, 0.25) is 0 Å². The molecule has 1 heterocycles. The summed E-state index contributed by atoms with van der Waals surface area (Å²) in [7, 11) is 2.50. The molecule has 0 spiro atoms. The van der Waals surface area contributed by atoms with Gasteiger partial charge in [0.05, 0.1) is 33.9 Å². The molecule has 1 atom stereocenters. The van der Waals surface area contributed by atoms with Crippen molar-refractivity contribution < 1.29 is 28.5 Å². The van der Waals surface area contributed by atoms with Crippen molar-refractivity contribution in [2.45, 2.75) is 39.0 Å². The van der Waals surface area contributed by atoms with E-state index in [4.69, 9.17) is 9.47 Å².